The van der Waals surface area contributed by atoms with E-state index in [2.05, 4.69) is 4.98 Å². The topological polar surface area (TPSA) is 55.1 Å². The fraction of sp³-hybridized carbons (Fsp3) is 0.273. The molecule has 0 aliphatic heterocycles. The van der Waals surface area contributed by atoms with Gasteiger partial charge in [0.25, 0.3) is 0 Å². The van der Waals surface area contributed by atoms with E-state index in [1.807, 2.05) is 19.2 Å². The summed E-state index contributed by atoms with van der Waals surface area (Å²) >= 11 is 0. The molecule has 2 heterocycles. The molecule has 0 radical (unpaired) electrons. The molecule has 2 aromatic heterocycles. The Bertz CT molecular complexity index is 516. The molecule has 0 spiro atoms. The number of nitrogens with zero attached hydrogens (tertiary/aromatic N) is 2. The lowest BCUT2D eigenvalue weighted by Gasteiger charge is -2.09. The molecule has 0 fully saturated rings. The Morgan fingerprint density at radius 2 is 2.33 bits per heavy atom. The number of aromatic nitrogens is 2. The van der Waals surface area contributed by atoms with Crippen LogP contribution in [-0.4, -0.2) is 20.6 Å². The number of aliphatic carboxylic acids is 1. The predicted octanol–water partition coefficient (Wildman–Crippen LogP) is 1.99. The zero-order chi connectivity index (χ0) is 11.0. The molecule has 1 unspecified atom stereocenters. The molecule has 1 N–H and O–H groups in total. The highest BCUT2D eigenvalue weighted by atomic mass is 16.4. The number of pyridine rings is 1. The first kappa shape index (κ1) is 9.71. The van der Waals surface area contributed by atoms with Gasteiger partial charge in [0.05, 0.1) is 11.7 Å². The van der Waals surface area contributed by atoms with E-state index in [-0.39, 0.29) is 0 Å². The second-order valence-corrected chi connectivity index (χ2v) is 3.63. The maximum atomic E-state index is 10.9. The van der Waals surface area contributed by atoms with Crippen LogP contribution in [0.25, 0.3) is 10.9 Å². The summed E-state index contributed by atoms with van der Waals surface area (Å²) in [6.45, 7) is 3.63. The van der Waals surface area contributed by atoms with Crippen LogP contribution in [0.5, 0.6) is 0 Å². The van der Waals surface area contributed by atoms with Crippen molar-refractivity contribution in [3.63, 3.8) is 0 Å². The van der Waals surface area contributed by atoms with E-state index in [1.165, 1.54) is 0 Å². The summed E-state index contributed by atoms with van der Waals surface area (Å²) in [5.74, 6) is -0.837. The van der Waals surface area contributed by atoms with Crippen LogP contribution in [0, 0.1) is 6.92 Å². The van der Waals surface area contributed by atoms with E-state index in [0.29, 0.717) is 0 Å². The van der Waals surface area contributed by atoms with E-state index in [0.717, 1.165) is 16.5 Å². The van der Waals surface area contributed by atoms with E-state index < -0.39 is 12.0 Å². The molecule has 4 heteroatoms. The number of carboxylic acids is 1. The number of aryl methyl sites for hydroxylation is 1. The fourth-order valence-corrected chi connectivity index (χ4v) is 1.71. The van der Waals surface area contributed by atoms with E-state index in [9.17, 15) is 4.79 Å². The molecule has 0 amide bonds. The average Bonchev–Trinajstić information content (AvgIpc) is 2.56. The van der Waals surface area contributed by atoms with Gasteiger partial charge in [-0.1, -0.05) is 0 Å². The Labute approximate surface area is 87.2 Å². The van der Waals surface area contributed by atoms with Gasteiger partial charge >= 0.3 is 5.97 Å². The molecule has 78 valence electrons. The average molecular weight is 204 g/mol. The minimum atomic E-state index is -0.837. The highest BCUT2D eigenvalue weighted by Crippen LogP contribution is 2.23. The van der Waals surface area contributed by atoms with Crippen LogP contribution in [0.3, 0.4) is 0 Å². The van der Waals surface area contributed by atoms with Crippen LogP contribution in [0.1, 0.15) is 18.5 Å². The summed E-state index contributed by atoms with van der Waals surface area (Å²) in [6, 6.07) is 1.33. The van der Waals surface area contributed by atoms with Crippen molar-refractivity contribution < 1.29 is 9.90 Å². The number of carbonyl (C=O) groups is 1. The minimum Gasteiger partial charge on any atom is -0.480 e. The largest absolute Gasteiger partial charge is 0.480 e. The normalized spacial score (nSPS) is 12.9. The first-order chi connectivity index (χ1) is 7.11. The third kappa shape index (κ3) is 1.48. The standard InChI is InChI=1S/C11H12N2O2/c1-7-6-13(8(2)11(14)15)10-5-12-4-3-9(7)10/h3-6,8H,1-2H3,(H,14,15). The summed E-state index contributed by atoms with van der Waals surface area (Å²) in [4.78, 5) is 14.9. The Hall–Kier alpha value is -1.84. The molecule has 2 aromatic rings. The van der Waals surface area contributed by atoms with Crippen molar-refractivity contribution in [2.75, 3.05) is 0 Å². The molecule has 0 aliphatic carbocycles. The third-order valence-corrected chi connectivity index (χ3v) is 2.61. The van der Waals surface area contributed by atoms with Crippen molar-refractivity contribution >= 4 is 16.9 Å². The summed E-state index contributed by atoms with van der Waals surface area (Å²) in [5, 5.41) is 10.0. The van der Waals surface area contributed by atoms with Crippen molar-refractivity contribution in [3.05, 3.63) is 30.2 Å². The van der Waals surface area contributed by atoms with Crippen molar-refractivity contribution in [2.24, 2.45) is 0 Å². The van der Waals surface area contributed by atoms with Gasteiger partial charge < -0.3 is 9.67 Å². The molecule has 0 bridgehead atoms. The van der Waals surface area contributed by atoms with E-state index in [4.69, 9.17) is 5.11 Å². The second-order valence-electron chi connectivity index (χ2n) is 3.63. The van der Waals surface area contributed by atoms with Crippen LogP contribution in [0.15, 0.2) is 24.7 Å². The third-order valence-electron chi connectivity index (χ3n) is 2.61. The van der Waals surface area contributed by atoms with Gasteiger partial charge in [0.2, 0.25) is 0 Å². The van der Waals surface area contributed by atoms with Crippen molar-refractivity contribution in [1.29, 1.82) is 0 Å². The molecule has 1 atom stereocenters. The summed E-state index contributed by atoms with van der Waals surface area (Å²) in [5.41, 5.74) is 1.94. The monoisotopic (exact) mass is 204 g/mol. The molecule has 4 nitrogen and oxygen atoms in total. The highest BCUT2D eigenvalue weighted by molar-refractivity contribution is 5.85. The smallest absolute Gasteiger partial charge is 0.326 e. The Kier molecular flexibility index (Phi) is 2.19. The zero-order valence-corrected chi connectivity index (χ0v) is 8.64. The summed E-state index contributed by atoms with van der Waals surface area (Å²) in [7, 11) is 0. The molecule has 0 saturated heterocycles. The van der Waals surface area contributed by atoms with Crippen molar-refractivity contribution in [2.45, 2.75) is 19.9 Å². The van der Waals surface area contributed by atoms with Gasteiger partial charge in [-0.05, 0) is 25.5 Å². The van der Waals surface area contributed by atoms with E-state index in [1.54, 1.807) is 23.9 Å². The Balaban J connectivity index is 2.67. The van der Waals surface area contributed by atoms with Crippen LogP contribution in [0.4, 0.5) is 0 Å². The second kappa shape index (κ2) is 3.38. The minimum absolute atomic E-state index is 0.564. The van der Waals surface area contributed by atoms with Gasteiger partial charge in [-0.15, -0.1) is 0 Å². The number of rotatable bonds is 2. The van der Waals surface area contributed by atoms with Crippen LogP contribution in [0.2, 0.25) is 0 Å². The molecular formula is C11H12N2O2. The molecule has 0 saturated carbocycles. The van der Waals surface area contributed by atoms with Crippen LogP contribution < -0.4 is 0 Å². The first-order valence-corrected chi connectivity index (χ1v) is 4.75. The van der Waals surface area contributed by atoms with Crippen LogP contribution in [-0.2, 0) is 4.79 Å². The number of hydrogen-bond donors (Lipinski definition) is 1. The zero-order valence-electron chi connectivity index (χ0n) is 8.64. The van der Waals surface area contributed by atoms with Crippen molar-refractivity contribution in [3.8, 4) is 0 Å². The fourth-order valence-electron chi connectivity index (χ4n) is 1.71. The summed E-state index contributed by atoms with van der Waals surface area (Å²) in [6.07, 6.45) is 5.26. The number of hydrogen-bond acceptors (Lipinski definition) is 2. The van der Waals surface area contributed by atoms with Gasteiger partial charge in [0.1, 0.15) is 6.04 Å². The lowest BCUT2D eigenvalue weighted by Crippen LogP contribution is -2.14. The molecule has 2 rings (SSSR count). The van der Waals surface area contributed by atoms with E-state index >= 15 is 0 Å². The lowest BCUT2D eigenvalue weighted by molar-refractivity contribution is -0.140. The van der Waals surface area contributed by atoms with Gasteiger partial charge in [-0.3, -0.25) is 4.98 Å². The number of fused-ring (bicyclic) bond motifs is 1. The summed E-state index contributed by atoms with van der Waals surface area (Å²) < 4.78 is 1.74. The number of carboxylic acid groups (broad SMARTS) is 1. The van der Waals surface area contributed by atoms with Gasteiger partial charge in [-0.2, -0.15) is 0 Å². The molecule has 0 aromatic carbocycles. The molecule has 15 heavy (non-hydrogen) atoms. The molecule has 0 aliphatic rings. The quantitative estimate of drug-likeness (QED) is 0.813. The van der Waals surface area contributed by atoms with Crippen molar-refractivity contribution in [1.82, 2.24) is 9.55 Å². The maximum absolute atomic E-state index is 10.9. The first-order valence-electron chi connectivity index (χ1n) is 4.75. The Morgan fingerprint density at radius 1 is 1.60 bits per heavy atom. The maximum Gasteiger partial charge on any atom is 0.326 e. The predicted molar refractivity (Wildman–Crippen MR) is 56.8 cm³/mol. The Morgan fingerprint density at radius 3 is 3.00 bits per heavy atom. The van der Waals surface area contributed by atoms with Gasteiger partial charge in [-0.25, -0.2) is 4.79 Å². The lowest BCUT2D eigenvalue weighted by atomic mass is 10.2. The van der Waals surface area contributed by atoms with Crippen LogP contribution >= 0.6 is 0 Å². The molecular weight excluding hydrogens is 192 g/mol. The highest BCUT2D eigenvalue weighted by Gasteiger charge is 2.16. The van der Waals surface area contributed by atoms with Gasteiger partial charge in [0, 0.05) is 17.8 Å². The SMILES string of the molecule is Cc1cn(C(C)C(=O)O)c2cnccc12. The van der Waals surface area contributed by atoms with Gasteiger partial charge in [0.15, 0.2) is 0 Å².